The van der Waals surface area contributed by atoms with Gasteiger partial charge in [0.15, 0.2) is 5.13 Å². The fourth-order valence-corrected chi connectivity index (χ4v) is 3.36. The van der Waals surface area contributed by atoms with E-state index >= 15 is 0 Å². The summed E-state index contributed by atoms with van der Waals surface area (Å²) in [7, 11) is 3.13. The van der Waals surface area contributed by atoms with Crippen molar-refractivity contribution in [3.63, 3.8) is 0 Å². The van der Waals surface area contributed by atoms with Gasteiger partial charge in [-0.15, -0.1) is 16.4 Å². The number of esters is 1. The van der Waals surface area contributed by atoms with E-state index in [-0.39, 0.29) is 30.1 Å². The fourth-order valence-electron chi connectivity index (χ4n) is 2.65. The zero-order valence-corrected chi connectivity index (χ0v) is 18.0. The average Bonchev–Trinajstić information content (AvgIpc) is 3.34. The molecule has 0 radical (unpaired) electrons. The molecule has 0 saturated carbocycles. The van der Waals surface area contributed by atoms with E-state index in [9.17, 15) is 14.4 Å². The van der Waals surface area contributed by atoms with E-state index in [0.29, 0.717) is 34.2 Å². The lowest BCUT2D eigenvalue weighted by Crippen LogP contribution is -2.14. The molecule has 2 amide bonds. The first-order chi connectivity index (χ1) is 14.9. The summed E-state index contributed by atoms with van der Waals surface area (Å²) in [5.41, 5.74) is 1.73. The number of hydrogen-bond donors (Lipinski definition) is 2. The first-order valence-electron chi connectivity index (χ1n) is 9.30. The van der Waals surface area contributed by atoms with E-state index in [4.69, 9.17) is 9.47 Å². The highest BCUT2D eigenvalue weighted by molar-refractivity contribution is 7.14. The standard InChI is InChI=1S/C20H21N5O5S/c1-4-30-16(26)9-14-11-31-20(22-14)23-17(27)12-5-7-13(8-6-12)21-18(28)15-10-25(2)24-19(15)29-3/h5-8,10-11H,4,9H2,1-3H3,(H,21,28)(H,22,23,27). The van der Waals surface area contributed by atoms with Crippen LogP contribution in [-0.2, 0) is 23.0 Å². The predicted octanol–water partition coefficient (Wildman–Crippen LogP) is 2.50. The molecule has 0 unspecified atom stereocenters. The van der Waals surface area contributed by atoms with Crippen molar-refractivity contribution in [2.45, 2.75) is 13.3 Å². The highest BCUT2D eigenvalue weighted by Crippen LogP contribution is 2.20. The normalized spacial score (nSPS) is 10.4. The molecule has 162 valence electrons. The quantitative estimate of drug-likeness (QED) is 0.513. The minimum Gasteiger partial charge on any atom is -0.479 e. The van der Waals surface area contributed by atoms with Gasteiger partial charge in [0.1, 0.15) is 5.56 Å². The van der Waals surface area contributed by atoms with Gasteiger partial charge in [-0.2, -0.15) is 0 Å². The lowest BCUT2D eigenvalue weighted by molar-refractivity contribution is -0.142. The smallest absolute Gasteiger partial charge is 0.311 e. The van der Waals surface area contributed by atoms with Crippen molar-refractivity contribution < 1.29 is 23.9 Å². The number of carbonyl (C=O) groups is 3. The van der Waals surface area contributed by atoms with Crippen molar-refractivity contribution in [1.29, 1.82) is 0 Å². The van der Waals surface area contributed by atoms with Gasteiger partial charge in [0.05, 0.1) is 25.8 Å². The molecule has 2 heterocycles. The Balaban J connectivity index is 1.59. The molecular weight excluding hydrogens is 422 g/mol. The van der Waals surface area contributed by atoms with Crippen LogP contribution in [0.2, 0.25) is 0 Å². The van der Waals surface area contributed by atoms with Gasteiger partial charge < -0.3 is 14.8 Å². The summed E-state index contributed by atoms with van der Waals surface area (Å²) in [6.45, 7) is 2.04. The van der Waals surface area contributed by atoms with Gasteiger partial charge in [0.2, 0.25) is 5.88 Å². The Bertz CT molecular complexity index is 1090. The van der Waals surface area contributed by atoms with Gasteiger partial charge in [-0.1, -0.05) is 0 Å². The molecular formula is C20H21N5O5S. The summed E-state index contributed by atoms with van der Waals surface area (Å²) in [6.07, 6.45) is 1.61. The largest absolute Gasteiger partial charge is 0.479 e. The minimum absolute atomic E-state index is 0.0519. The maximum Gasteiger partial charge on any atom is 0.311 e. The Morgan fingerprint density at radius 2 is 1.87 bits per heavy atom. The van der Waals surface area contributed by atoms with Crippen LogP contribution in [0.3, 0.4) is 0 Å². The Labute approximate surface area is 182 Å². The molecule has 11 heteroatoms. The van der Waals surface area contributed by atoms with Crippen LogP contribution in [-0.4, -0.2) is 46.3 Å². The number of methoxy groups -OCH3 is 1. The molecule has 3 aromatic rings. The fraction of sp³-hybridized carbons (Fsp3) is 0.250. The number of aromatic nitrogens is 3. The number of nitrogens with one attached hydrogen (secondary N) is 2. The molecule has 0 fully saturated rings. The summed E-state index contributed by atoms with van der Waals surface area (Å²) in [5.74, 6) is -0.878. The number of rotatable bonds is 8. The van der Waals surface area contributed by atoms with Crippen LogP contribution in [0.5, 0.6) is 5.88 Å². The molecule has 0 bridgehead atoms. The zero-order chi connectivity index (χ0) is 22.4. The second-order valence-electron chi connectivity index (χ2n) is 6.34. The maximum atomic E-state index is 12.4. The molecule has 10 nitrogen and oxygen atoms in total. The number of thiazole rings is 1. The van der Waals surface area contributed by atoms with E-state index < -0.39 is 0 Å². The first kappa shape index (κ1) is 22.0. The third kappa shape index (κ3) is 5.66. The van der Waals surface area contributed by atoms with E-state index in [2.05, 4.69) is 20.7 Å². The van der Waals surface area contributed by atoms with Gasteiger partial charge in [-0.3, -0.25) is 24.4 Å². The summed E-state index contributed by atoms with van der Waals surface area (Å²) in [4.78, 5) is 40.6. The molecule has 31 heavy (non-hydrogen) atoms. The molecule has 0 aliphatic rings. The van der Waals surface area contributed by atoms with Crippen molar-refractivity contribution in [1.82, 2.24) is 14.8 Å². The van der Waals surface area contributed by atoms with E-state index in [1.165, 1.54) is 23.1 Å². The SMILES string of the molecule is CCOC(=O)Cc1csc(NC(=O)c2ccc(NC(=O)c3cn(C)nc3OC)cc2)n1. The third-order valence-electron chi connectivity index (χ3n) is 4.04. The Kier molecular flexibility index (Phi) is 6.98. The molecule has 0 saturated heterocycles. The monoisotopic (exact) mass is 443 g/mol. The van der Waals surface area contributed by atoms with Crippen molar-refractivity contribution in [3.8, 4) is 5.88 Å². The number of hydrogen-bond acceptors (Lipinski definition) is 8. The van der Waals surface area contributed by atoms with Gasteiger partial charge in [0.25, 0.3) is 11.8 Å². The third-order valence-corrected chi connectivity index (χ3v) is 4.85. The van der Waals surface area contributed by atoms with Crippen LogP contribution in [0.4, 0.5) is 10.8 Å². The van der Waals surface area contributed by atoms with Crippen LogP contribution in [0.15, 0.2) is 35.8 Å². The Hall–Kier alpha value is -3.73. The van der Waals surface area contributed by atoms with Crippen molar-refractivity contribution in [2.24, 2.45) is 7.05 Å². The van der Waals surface area contributed by atoms with E-state index in [0.717, 1.165) is 0 Å². The molecule has 0 aliphatic carbocycles. The molecule has 1 aromatic carbocycles. The summed E-state index contributed by atoms with van der Waals surface area (Å²) >= 11 is 1.22. The molecule has 2 N–H and O–H groups in total. The second kappa shape index (κ2) is 9.85. The van der Waals surface area contributed by atoms with Gasteiger partial charge >= 0.3 is 5.97 Å². The number of anilines is 2. The summed E-state index contributed by atoms with van der Waals surface area (Å²) in [6, 6.07) is 6.39. The van der Waals surface area contributed by atoms with Crippen LogP contribution < -0.4 is 15.4 Å². The van der Waals surface area contributed by atoms with Crippen LogP contribution in [0, 0.1) is 0 Å². The topological polar surface area (TPSA) is 124 Å². The Morgan fingerprint density at radius 3 is 2.55 bits per heavy atom. The van der Waals surface area contributed by atoms with Gasteiger partial charge in [0, 0.05) is 29.9 Å². The van der Waals surface area contributed by atoms with Crippen molar-refractivity contribution in [3.05, 3.63) is 52.7 Å². The molecule has 0 atom stereocenters. The molecule has 3 rings (SSSR count). The number of nitrogens with zero attached hydrogens (tertiary/aromatic N) is 3. The molecule has 0 spiro atoms. The number of benzene rings is 1. The molecule has 2 aromatic heterocycles. The second-order valence-corrected chi connectivity index (χ2v) is 7.20. The lowest BCUT2D eigenvalue weighted by Gasteiger charge is -2.06. The zero-order valence-electron chi connectivity index (χ0n) is 17.2. The number of aryl methyl sites for hydroxylation is 1. The van der Waals surface area contributed by atoms with Crippen LogP contribution in [0.1, 0.15) is 33.3 Å². The number of carbonyl (C=O) groups excluding carboxylic acids is 3. The maximum absolute atomic E-state index is 12.4. The minimum atomic E-state index is -0.376. The van der Waals surface area contributed by atoms with Crippen molar-refractivity contribution >= 4 is 39.9 Å². The number of amides is 2. The average molecular weight is 443 g/mol. The highest BCUT2D eigenvalue weighted by Gasteiger charge is 2.17. The van der Waals surface area contributed by atoms with E-state index in [1.807, 2.05) is 0 Å². The van der Waals surface area contributed by atoms with Gasteiger partial charge in [-0.25, -0.2) is 4.98 Å². The summed E-state index contributed by atoms with van der Waals surface area (Å²) < 4.78 is 11.5. The predicted molar refractivity (Wildman–Crippen MR) is 115 cm³/mol. The van der Waals surface area contributed by atoms with Gasteiger partial charge in [-0.05, 0) is 31.2 Å². The van der Waals surface area contributed by atoms with Crippen LogP contribution in [0.25, 0.3) is 0 Å². The first-order valence-corrected chi connectivity index (χ1v) is 10.2. The highest BCUT2D eigenvalue weighted by atomic mass is 32.1. The number of ether oxygens (including phenoxy) is 2. The molecule has 0 aliphatic heterocycles. The van der Waals surface area contributed by atoms with Crippen molar-refractivity contribution in [2.75, 3.05) is 24.4 Å². The Morgan fingerprint density at radius 1 is 1.13 bits per heavy atom. The van der Waals surface area contributed by atoms with E-state index in [1.54, 1.807) is 49.8 Å². The lowest BCUT2D eigenvalue weighted by atomic mass is 10.2. The summed E-state index contributed by atoms with van der Waals surface area (Å²) in [5, 5.41) is 11.5. The van der Waals surface area contributed by atoms with Crippen LogP contribution >= 0.6 is 11.3 Å².